The Bertz CT molecular complexity index is 491. The third-order valence-electron chi connectivity index (χ3n) is 3.65. The molecule has 0 aliphatic heterocycles. The standard InChI is InChI=1S/C14H18F2N2O/c1-14(2)4-3-9(7-14)18-13(19)8-5-10(15)12(17)11(16)6-8/h5-6,9H,3-4,7,17H2,1-2H3,(H,18,19). The highest BCUT2D eigenvalue weighted by Crippen LogP contribution is 2.37. The Morgan fingerprint density at radius 2 is 1.95 bits per heavy atom. The summed E-state index contributed by atoms with van der Waals surface area (Å²) >= 11 is 0. The number of halogens is 2. The van der Waals surface area contributed by atoms with Gasteiger partial charge in [0, 0.05) is 11.6 Å². The van der Waals surface area contributed by atoms with Crippen LogP contribution in [0.1, 0.15) is 43.5 Å². The Labute approximate surface area is 111 Å². The van der Waals surface area contributed by atoms with Crippen LogP contribution in [0.25, 0.3) is 0 Å². The summed E-state index contributed by atoms with van der Waals surface area (Å²) in [5.74, 6) is -2.27. The zero-order valence-corrected chi connectivity index (χ0v) is 11.1. The van der Waals surface area contributed by atoms with Crippen molar-refractivity contribution < 1.29 is 13.6 Å². The fourth-order valence-corrected chi connectivity index (χ4v) is 2.54. The molecule has 0 aromatic heterocycles. The second-order valence-corrected chi connectivity index (χ2v) is 5.93. The molecule has 2 rings (SSSR count). The summed E-state index contributed by atoms with van der Waals surface area (Å²) in [7, 11) is 0. The van der Waals surface area contributed by atoms with Crippen LogP contribution in [0, 0.1) is 17.0 Å². The van der Waals surface area contributed by atoms with Crippen molar-refractivity contribution in [3.63, 3.8) is 0 Å². The van der Waals surface area contributed by atoms with E-state index in [2.05, 4.69) is 19.2 Å². The molecule has 1 saturated carbocycles. The number of hydrogen-bond acceptors (Lipinski definition) is 2. The van der Waals surface area contributed by atoms with E-state index in [1.807, 2.05) is 0 Å². The Balaban J connectivity index is 2.09. The average Bonchev–Trinajstić information content (AvgIpc) is 2.64. The zero-order chi connectivity index (χ0) is 14.2. The molecule has 1 unspecified atom stereocenters. The van der Waals surface area contributed by atoms with Crippen LogP contribution in [0.15, 0.2) is 12.1 Å². The topological polar surface area (TPSA) is 55.1 Å². The number of carbonyl (C=O) groups excluding carboxylic acids is 1. The largest absolute Gasteiger partial charge is 0.394 e. The minimum Gasteiger partial charge on any atom is -0.394 e. The molecule has 1 amide bonds. The molecule has 1 atom stereocenters. The van der Waals surface area contributed by atoms with E-state index in [0.717, 1.165) is 31.4 Å². The lowest BCUT2D eigenvalue weighted by atomic mass is 9.92. The van der Waals surface area contributed by atoms with Crippen LogP contribution < -0.4 is 11.1 Å². The summed E-state index contributed by atoms with van der Waals surface area (Å²) in [5.41, 5.74) is 4.78. The first-order chi connectivity index (χ1) is 8.78. The molecule has 3 N–H and O–H groups in total. The minimum atomic E-state index is -0.906. The van der Waals surface area contributed by atoms with Gasteiger partial charge < -0.3 is 11.1 Å². The summed E-state index contributed by atoms with van der Waals surface area (Å²) in [6.45, 7) is 4.28. The normalized spacial score (nSPS) is 21.4. The maximum atomic E-state index is 13.3. The number of nitrogens with two attached hydrogens (primary N) is 1. The second kappa shape index (κ2) is 4.79. The van der Waals surface area contributed by atoms with Crippen LogP contribution in [0.5, 0.6) is 0 Å². The van der Waals surface area contributed by atoms with Crippen LogP contribution in [0.3, 0.4) is 0 Å². The fourth-order valence-electron chi connectivity index (χ4n) is 2.54. The van der Waals surface area contributed by atoms with Gasteiger partial charge in [-0.05, 0) is 36.8 Å². The summed E-state index contributed by atoms with van der Waals surface area (Å²) in [6, 6.07) is 1.99. The van der Waals surface area contributed by atoms with Crippen LogP contribution in [-0.4, -0.2) is 11.9 Å². The zero-order valence-electron chi connectivity index (χ0n) is 11.1. The average molecular weight is 268 g/mol. The van der Waals surface area contributed by atoms with Gasteiger partial charge in [0.25, 0.3) is 5.91 Å². The van der Waals surface area contributed by atoms with Gasteiger partial charge in [0.2, 0.25) is 0 Å². The highest BCUT2D eigenvalue weighted by molar-refractivity contribution is 5.94. The van der Waals surface area contributed by atoms with E-state index in [9.17, 15) is 13.6 Å². The molecule has 1 fully saturated rings. The third kappa shape index (κ3) is 3.03. The molecule has 1 aliphatic carbocycles. The van der Waals surface area contributed by atoms with E-state index in [0.29, 0.717) is 0 Å². The van der Waals surface area contributed by atoms with E-state index in [1.165, 1.54) is 0 Å². The van der Waals surface area contributed by atoms with Gasteiger partial charge in [-0.15, -0.1) is 0 Å². The molecule has 5 heteroatoms. The van der Waals surface area contributed by atoms with Crippen molar-refractivity contribution in [3.8, 4) is 0 Å². The van der Waals surface area contributed by atoms with E-state index in [-0.39, 0.29) is 17.0 Å². The molecule has 1 aromatic rings. The summed E-state index contributed by atoms with van der Waals surface area (Å²) < 4.78 is 26.6. The lowest BCUT2D eigenvalue weighted by Crippen LogP contribution is -2.33. The molecular weight excluding hydrogens is 250 g/mol. The maximum Gasteiger partial charge on any atom is 0.251 e. The third-order valence-corrected chi connectivity index (χ3v) is 3.65. The number of anilines is 1. The maximum absolute atomic E-state index is 13.3. The van der Waals surface area contributed by atoms with Crippen molar-refractivity contribution in [2.45, 2.75) is 39.2 Å². The minimum absolute atomic E-state index is 0.0334. The molecule has 3 nitrogen and oxygen atoms in total. The number of rotatable bonds is 2. The van der Waals surface area contributed by atoms with Crippen molar-refractivity contribution in [1.29, 1.82) is 0 Å². The van der Waals surface area contributed by atoms with Gasteiger partial charge in [0.1, 0.15) is 17.3 Å². The van der Waals surface area contributed by atoms with Crippen LogP contribution in [0.2, 0.25) is 0 Å². The van der Waals surface area contributed by atoms with Crippen LogP contribution >= 0.6 is 0 Å². The fraction of sp³-hybridized carbons (Fsp3) is 0.500. The molecule has 0 bridgehead atoms. The Hall–Kier alpha value is -1.65. The van der Waals surface area contributed by atoms with Crippen LogP contribution in [-0.2, 0) is 0 Å². The predicted molar refractivity (Wildman–Crippen MR) is 69.7 cm³/mol. The van der Waals surface area contributed by atoms with Crippen molar-refractivity contribution >= 4 is 11.6 Å². The monoisotopic (exact) mass is 268 g/mol. The highest BCUT2D eigenvalue weighted by atomic mass is 19.1. The number of carbonyl (C=O) groups is 1. The molecule has 1 aliphatic rings. The molecule has 0 radical (unpaired) electrons. The van der Waals surface area contributed by atoms with Crippen molar-refractivity contribution in [2.24, 2.45) is 5.41 Å². The molecule has 0 saturated heterocycles. The first-order valence-electron chi connectivity index (χ1n) is 6.34. The van der Waals surface area contributed by atoms with Gasteiger partial charge in [0.15, 0.2) is 0 Å². The number of nitrogen functional groups attached to an aromatic ring is 1. The quantitative estimate of drug-likeness (QED) is 0.810. The molecule has 104 valence electrons. The molecule has 0 spiro atoms. The number of nitrogens with one attached hydrogen (secondary N) is 1. The van der Waals surface area contributed by atoms with Crippen molar-refractivity contribution in [2.75, 3.05) is 5.73 Å². The number of benzene rings is 1. The SMILES string of the molecule is CC1(C)CCC(NC(=O)c2cc(F)c(N)c(F)c2)C1. The van der Waals surface area contributed by atoms with E-state index in [1.54, 1.807) is 0 Å². The lowest BCUT2D eigenvalue weighted by molar-refractivity contribution is 0.0935. The molecule has 19 heavy (non-hydrogen) atoms. The van der Waals surface area contributed by atoms with Gasteiger partial charge >= 0.3 is 0 Å². The Kier molecular flexibility index (Phi) is 3.47. The molecular formula is C14H18F2N2O. The van der Waals surface area contributed by atoms with Gasteiger partial charge in [-0.3, -0.25) is 4.79 Å². The summed E-state index contributed by atoms with van der Waals surface area (Å²) in [6.07, 6.45) is 2.79. The Morgan fingerprint density at radius 3 is 2.42 bits per heavy atom. The van der Waals surface area contributed by atoms with Gasteiger partial charge in [-0.1, -0.05) is 13.8 Å². The smallest absolute Gasteiger partial charge is 0.251 e. The Morgan fingerprint density at radius 1 is 1.37 bits per heavy atom. The number of hydrogen-bond donors (Lipinski definition) is 2. The van der Waals surface area contributed by atoms with Gasteiger partial charge in [-0.25, -0.2) is 8.78 Å². The lowest BCUT2D eigenvalue weighted by Gasteiger charge is -2.18. The van der Waals surface area contributed by atoms with Crippen molar-refractivity contribution in [3.05, 3.63) is 29.3 Å². The summed E-state index contributed by atoms with van der Waals surface area (Å²) in [5, 5.41) is 2.81. The van der Waals surface area contributed by atoms with Crippen LogP contribution in [0.4, 0.5) is 14.5 Å². The van der Waals surface area contributed by atoms with E-state index >= 15 is 0 Å². The van der Waals surface area contributed by atoms with Gasteiger partial charge in [0.05, 0.1) is 0 Å². The second-order valence-electron chi connectivity index (χ2n) is 5.93. The van der Waals surface area contributed by atoms with Crippen molar-refractivity contribution in [1.82, 2.24) is 5.32 Å². The predicted octanol–water partition coefficient (Wildman–Crippen LogP) is 2.86. The molecule has 0 heterocycles. The molecule has 1 aromatic carbocycles. The summed E-state index contributed by atoms with van der Waals surface area (Å²) in [4.78, 5) is 11.9. The first kappa shape index (κ1) is 13.8. The van der Waals surface area contributed by atoms with E-state index < -0.39 is 23.2 Å². The van der Waals surface area contributed by atoms with Gasteiger partial charge in [-0.2, -0.15) is 0 Å². The first-order valence-corrected chi connectivity index (χ1v) is 6.34. The van der Waals surface area contributed by atoms with E-state index in [4.69, 9.17) is 5.73 Å². The highest BCUT2D eigenvalue weighted by Gasteiger charge is 2.31. The number of amides is 1.